The van der Waals surface area contributed by atoms with Crippen molar-refractivity contribution in [1.29, 1.82) is 0 Å². The van der Waals surface area contributed by atoms with Crippen molar-refractivity contribution in [3.05, 3.63) is 58.5 Å². The average molecular weight is 421 g/mol. The lowest BCUT2D eigenvalue weighted by Gasteiger charge is -2.16. The van der Waals surface area contributed by atoms with E-state index in [0.717, 1.165) is 62.9 Å². The molecule has 162 valence electrons. The molecule has 0 aliphatic carbocycles. The van der Waals surface area contributed by atoms with Crippen molar-refractivity contribution in [2.24, 2.45) is 5.92 Å². The first-order chi connectivity index (χ1) is 14.8. The van der Waals surface area contributed by atoms with Gasteiger partial charge in [-0.15, -0.1) is 0 Å². The van der Waals surface area contributed by atoms with E-state index in [2.05, 4.69) is 16.5 Å². The van der Waals surface area contributed by atoms with E-state index >= 15 is 0 Å². The first kappa shape index (κ1) is 21.1. The fraction of sp³-hybridized carbons (Fsp3) is 0.360. The van der Waals surface area contributed by atoms with Crippen LogP contribution in [0.5, 0.6) is 11.5 Å². The number of carbonyl (C=O) groups excluding carboxylic acids is 1. The maximum atomic E-state index is 12.4. The van der Waals surface area contributed by atoms with E-state index in [-0.39, 0.29) is 11.8 Å². The zero-order valence-electron chi connectivity index (χ0n) is 18.7. The summed E-state index contributed by atoms with van der Waals surface area (Å²) in [4.78, 5) is 12.4. The molecule has 1 atom stereocenters. The van der Waals surface area contributed by atoms with Crippen molar-refractivity contribution in [3.63, 3.8) is 0 Å². The summed E-state index contributed by atoms with van der Waals surface area (Å²) in [5.41, 5.74) is 6.65. The van der Waals surface area contributed by atoms with Crippen molar-refractivity contribution in [1.82, 2.24) is 5.16 Å². The van der Waals surface area contributed by atoms with Gasteiger partial charge in [0.05, 0.1) is 18.2 Å². The van der Waals surface area contributed by atoms with Crippen molar-refractivity contribution >= 4 is 11.6 Å². The molecule has 1 saturated heterocycles. The second-order valence-electron chi connectivity index (χ2n) is 8.32. The number of amides is 1. The Balaban J connectivity index is 1.59. The molecule has 4 rings (SSSR count). The normalized spacial score (nSPS) is 15.8. The summed E-state index contributed by atoms with van der Waals surface area (Å²) in [7, 11) is 0. The molecular weight excluding hydrogens is 392 g/mol. The van der Waals surface area contributed by atoms with Crippen LogP contribution in [-0.2, 0) is 9.53 Å². The molecule has 31 heavy (non-hydrogen) atoms. The predicted octanol–water partition coefficient (Wildman–Crippen LogP) is 5.65. The number of aryl methyl sites for hydroxylation is 5. The first-order valence-electron chi connectivity index (χ1n) is 10.5. The first-order valence-corrected chi connectivity index (χ1v) is 10.5. The van der Waals surface area contributed by atoms with Crippen LogP contribution in [0, 0.1) is 40.5 Å². The third-order valence-corrected chi connectivity index (χ3v) is 5.62. The molecule has 2 aromatic carbocycles. The van der Waals surface area contributed by atoms with Crippen LogP contribution in [0.1, 0.15) is 34.6 Å². The van der Waals surface area contributed by atoms with Crippen molar-refractivity contribution in [2.45, 2.75) is 41.0 Å². The number of rotatable bonds is 5. The Hall–Kier alpha value is -3.12. The van der Waals surface area contributed by atoms with E-state index in [1.54, 1.807) is 0 Å². The molecule has 1 aliphatic heterocycles. The fourth-order valence-corrected chi connectivity index (χ4v) is 4.13. The Bertz CT molecular complexity index is 1080. The van der Waals surface area contributed by atoms with Crippen molar-refractivity contribution < 1.29 is 18.8 Å². The highest BCUT2D eigenvalue weighted by Gasteiger charge is 2.24. The minimum absolute atomic E-state index is 0.00718. The number of hydrogen-bond acceptors (Lipinski definition) is 5. The predicted molar refractivity (Wildman–Crippen MR) is 120 cm³/mol. The second kappa shape index (κ2) is 8.55. The molecule has 2 heterocycles. The van der Waals surface area contributed by atoms with Gasteiger partial charge in [-0.25, -0.2) is 0 Å². The summed E-state index contributed by atoms with van der Waals surface area (Å²) in [5.74, 6) is 2.26. The van der Waals surface area contributed by atoms with Crippen LogP contribution >= 0.6 is 0 Å². The Morgan fingerprint density at radius 1 is 1.06 bits per heavy atom. The van der Waals surface area contributed by atoms with Gasteiger partial charge in [0, 0.05) is 17.9 Å². The van der Waals surface area contributed by atoms with Gasteiger partial charge >= 0.3 is 0 Å². The lowest BCUT2D eigenvalue weighted by Crippen LogP contribution is -2.22. The Morgan fingerprint density at radius 2 is 1.81 bits per heavy atom. The van der Waals surface area contributed by atoms with Crippen LogP contribution in [0.4, 0.5) is 5.69 Å². The van der Waals surface area contributed by atoms with Gasteiger partial charge in [0.25, 0.3) is 0 Å². The summed E-state index contributed by atoms with van der Waals surface area (Å²) in [6, 6.07) is 10.0. The topological polar surface area (TPSA) is 73.6 Å². The number of anilines is 1. The van der Waals surface area contributed by atoms with Crippen LogP contribution in [0.2, 0.25) is 0 Å². The summed E-state index contributed by atoms with van der Waals surface area (Å²) in [5, 5.41) is 7.08. The number of nitrogens with zero attached hydrogens (tertiary/aromatic N) is 1. The zero-order valence-corrected chi connectivity index (χ0v) is 18.7. The largest absolute Gasteiger partial charge is 0.457 e. The SMILES string of the molecule is Cc1cc(Oc2c(C)cc(NC(=O)[C@H]3CCOC3)cc2C)cc(-c2c(C)noc2C)c1. The number of carbonyl (C=O) groups is 1. The van der Waals surface area contributed by atoms with Gasteiger partial charge in [-0.2, -0.15) is 0 Å². The van der Waals surface area contributed by atoms with Crippen LogP contribution in [0.15, 0.2) is 34.9 Å². The van der Waals surface area contributed by atoms with Crippen LogP contribution in [0.25, 0.3) is 11.1 Å². The third-order valence-electron chi connectivity index (χ3n) is 5.62. The van der Waals surface area contributed by atoms with E-state index < -0.39 is 0 Å². The third kappa shape index (κ3) is 4.49. The minimum Gasteiger partial charge on any atom is -0.457 e. The number of ether oxygens (including phenoxy) is 2. The van der Waals surface area contributed by atoms with Gasteiger partial charge in [-0.05, 0) is 87.6 Å². The highest BCUT2D eigenvalue weighted by Crippen LogP contribution is 2.36. The Kier molecular flexibility index (Phi) is 5.83. The molecule has 0 unspecified atom stereocenters. The minimum atomic E-state index is -0.0772. The van der Waals surface area contributed by atoms with Crippen molar-refractivity contribution in [3.8, 4) is 22.6 Å². The van der Waals surface area contributed by atoms with Gasteiger partial charge in [0.15, 0.2) is 0 Å². The van der Waals surface area contributed by atoms with Crippen LogP contribution in [-0.4, -0.2) is 24.3 Å². The van der Waals surface area contributed by atoms with E-state index in [1.165, 1.54) is 0 Å². The van der Waals surface area contributed by atoms with Crippen LogP contribution in [0.3, 0.4) is 0 Å². The highest BCUT2D eigenvalue weighted by atomic mass is 16.5. The highest BCUT2D eigenvalue weighted by molar-refractivity contribution is 5.93. The lowest BCUT2D eigenvalue weighted by molar-refractivity contribution is -0.119. The molecule has 0 radical (unpaired) electrons. The molecule has 0 saturated carbocycles. The van der Waals surface area contributed by atoms with Gasteiger partial charge in [-0.3, -0.25) is 4.79 Å². The average Bonchev–Trinajstić information content (AvgIpc) is 3.34. The van der Waals surface area contributed by atoms with Gasteiger partial charge in [0.1, 0.15) is 17.3 Å². The number of aromatic nitrogens is 1. The molecule has 1 aliphatic rings. The maximum Gasteiger partial charge on any atom is 0.229 e. The number of nitrogens with one attached hydrogen (secondary N) is 1. The van der Waals surface area contributed by atoms with E-state index in [4.69, 9.17) is 14.0 Å². The molecule has 1 fully saturated rings. The molecule has 1 aromatic heterocycles. The summed E-state index contributed by atoms with van der Waals surface area (Å²) < 4.78 is 17.0. The molecule has 0 spiro atoms. The smallest absolute Gasteiger partial charge is 0.229 e. The Morgan fingerprint density at radius 3 is 2.42 bits per heavy atom. The molecule has 6 heteroatoms. The molecule has 0 bridgehead atoms. The molecule has 1 amide bonds. The number of hydrogen-bond donors (Lipinski definition) is 1. The van der Waals surface area contributed by atoms with Gasteiger partial charge in [-0.1, -0.05) is 11.2 Å². The van der Waals surface area contributed by atoms with Gasteiger partial charge < -0.3 is 19.3 Å². The number of benzene rings is 2. The summed E-state index contributed by atoms with van der Waals surface area (Å²) >= 11 is 0. The monoisotopic (exact) mass is 420 g/mol. The molecular formula is C25H28N2O4. The second-order valence-corrected chi connectivity index (χ2v) is 8.32. The fourth-order valence-electron chi connectivity index (χ4n) is 4.13. The maximum absolute atomic E-state index is 12.4. The van der Waals surface area contributed by atoms with Crippen LogP contribution < -0.4 is 10.1 Å². The standard InChI is InChI=1S/C25H28N2O4/c1-14-8-20(23-17(4)27-31-18(23)5)12-22(9-14)30-24-15(2)10-21(11-16(24)3)26-25(28)19-6-7-29-13-19/h8-12,19H,6-7,13H2,1-5H3,(H,26,28)/t19-/m0/s1. The molecule has 1 N–H and O–H groups in total. The summed E-state index contributed by atoms with van der Waals surface area (Å²) in [6.07, 6.45) is 0.770. The van der Waals surface area contributed by atoms with E-state index in [9.17, 15) is 4.79 Å². The quantitative estimate of drug-likeness (QED) is 0.577. The zero-order chi connectivity index (χ0) is 22.1. The van der Waals surface area contributed by atoms with E-state index in [1.807, 2.05) is 58.9 Å². The van der Waals surface area contributed by atoms with E-state index in [0.29, 0.717) is 13.2 Å². The summed E-state index contributed by atoms with van der Waals surface area (Å²) in [6.45, 7) is 11.0. The van der Waals surface area contributed by atoms with Gasteiger partial charge in [0.2, 0.25) is 5.91 Å². The van der Waals surface area contributed by atoms with Crippen molar-refractivity contribution in [2.75, 3.05) is 18.5 Å². The molecule has 6 nitrogen and oxygen atoms in total. The molecule has 3 aromatic rings. The lowest BCUT2D eigenvalue weighted by atomic mass is 10.0. The Labute approximate surface area is 182 Å².